The molecule has 0 aromatic heterocycles. The van der Waals surface area contributed by atoms with Gasteiger partial charge in [0.2, 0.25) is 5.91 Å². The smallest absolute Gasteiger partial charge is 0.410 e. The van der Waals surface area contributed by atoms with Gasteiger partial charge in [0.15, 0.2) is 11.5 Å². The van der Waals surface area contributed by atoms with Crippen molar-refractivity contribution >= 4 is 12.0 Å². The number of nitrogens with zero attached hydrogens (tertiary/aromatic N) is 2. The van der Waals surface area contributed by atoms with Gasteiger partial charge in [-0.25, -0.2) is 4.79 Å². The van der Waals surface area contributed by atoms with E-state index in [1.807, 2.05) is 42.2 Å². The van der Waals surface area contributed by atoms with Crippen molar-refractivity contribution in [1.29, 1.82) is 0 Å². The van der Waals surface area contributed by atoms with E-state index in [2.05, 4.69) is 0 Å². The van der Waals surface area contributed by atoms with E-state index >= 15 is 0 Å². The van der Waals surface area contributed by atoms with Crippen LogP contribution < -0.4 is 14.2 Å². The molecule has 0 unspecified atom stereocenters. The number of carbonyl (C=O) groups excluding carboxylic acids is 2. The van der Waals surface area contributed by atoms with Crippen molar-refractivity contribution < 1.29 is 33.3 Å². The van der Waals surface area contributed by atoms with Gasteiger partial charge in [-0.3, -0.25) is 9.69 Å². The van der Waals surface area contributed by atoms with Gasteiger partial charge in [-0.1, -0.05) is 30.3 Å². The fraction of sp³-hybridized carbons (Fsp3) is 0.500. The minimum Gasteiger partial charge on any atom is -0.496 e. The number of ether oxygens (including phenoxy) is 5. The molecular weight excluding hydrogens is 476 g/mol. The second kappa shape index (κ2) is 11.3. The van der Waals surface area contributed by atoms with Gasteiger partial charge in [-0.15, -0.1) is 0 Å². The topological polar surface area (TPSA) is 86.8 Å². The van der Waals surface area contributed by atoms with Crippen molar-refractivity contribution in [3.05, 3.63) is 52.6 Å². The van der Waals surface area contributed by atoms with Gasteiger partial charge in [0.1, 0.15) is 12.3 Å². The van der Waals surface area contributed by atoms with Crippen LogP contribution in [-0.4, -0.2) is 75.0 Å². The summed E-state index contributed by atoms with van der Waals surface area (Å²) in [7, 11) is 4.81. The van der Waals surface area contributed by atoms with Gasteiger partial charge in [-0.2, -0.15) is 0 Å². The van der Waals surface area contributed by atoms with Gasteiger partial charge in [0.05, 0.1) is 52.7 Å². The number of fused-ring (bicyclic) bond motifs is 2. The highest BCUT2D eigenvalue weighted by atomic mass is 16.6. The van der Waals surface area contributed by atoms with Crippen LogP contribution in [-0.2, 0) is 27.3 Å². The lowest BCUT2D eigenvalue weighted by molar-refractivity contribution is -0.146. The molecule has 0 radical (unpaired) electrons. The molecule has 9 heteroatoms. The first kappa shape index (κ1) is 26.6. The first-order valence-electron chi connectivity index (χ1n) is 12.5. The summed E-state index contributed by atoms with van der Waals surface area (Å²) >= 11 is 0. The molecule has 2 aromatic carbocycles. The molecule has 0 saturated carbocycles. The van der Waals surface area contributed by atoms with E-state index in [1.165, 1.54) is 4.90 Å². The van der Waals surface area contributed by atoms with Gasteiger partial charge in [0.25, 0.3) is 0 Å². The number of methoxy groups -OCH3 is 3. The molecule has 2 aliphatic rings. The molecule has 0 bridgehead atoms. The minimum atomic E-state index is -0.485. The summed E-state index contributed by atoms with van der Waals surface area (Å²) in [6.07, 6.45) is -0.265. The van der Waals surface area contributed by atoms with Crippen molar-refractivity contribution in [2.45, 2.75) is 52.0 Å². The standard InChI is InChI=1S/C28H36N2O7/c1-17(2)37-28(32)29-13-20-12-21-24(27(35-6)26(34-5)18(3)25(21)33-4)22(30(20)23(31)14-29)16-36-15-19-10-8-7-9-11-19/h7-11,17,20,22H,12-16H2,1-6H3/t20-,22+/m1/s1. The zero-order valence-corrected chi connectivity index (χ0v) is 22.4. The minimum absolute atomic E-state index is 0.0605. The zero-order valence-electron chi connectivity index (χ0n) is 22.4. The second-order valence-electron chi connectivity index (χ2n) is 9.61. The third-order valence-corrected chi connectivity index (χ3v) is 6.87. The Labute approximate surface area is 218 Å². The molecule has 2 atom stereocenters. The second-order valence-corrected chi connectivity index (χ2v) is 9.61. The van der Waals surface area contributed by atoms with Gasteiger partial charge >= 0.3 is 6.09 Å². The lowest BCUT2D eigenvalue weighted by Gasteiger charge is -2.48. The fourth-order valence-electron chi connectivity index (χ4n) is 5.42. The molecule has 4 rings (SSSR count). The largest absolute Gasteiger partial charge is 0.496 e. The summed E-state index contributed by atoms with van der Waals surface area (Å²) in [5.74, 6) is 1.65. The third kappa shape index (κ3) is 5.18. The monoisotopic (exact) mass is 512 g/mol. The average molecular weight is 513 g/mol. The number of hydrogen-bond acceptors (Lipinski definition) is 7. The van der Waals surface area contributed by atoms with Crippen molar-refractivity contribution in [3.8, 4) is 17.2 Å². The van der Waals surface area contributed by atoms with E-state index in [9.17, 15) is 9.59 Å². The Morgan fingerprint density at radius 1 is 1.03 bits per heavy atom. The SMILES string of the molecule is COc1c(C)c(OC)c(OC)c2c1C[C@@H]1CN(C(=O)OC(C)C)CC(=O)N1[C@H]2COCc1ccccc1. The Kier molecular flexibility index (Phi) is 8.12. The van der Waals surface area contributed by atoms with Crippen LogP contribution in [0.5, 0.6) is 17.2 Å². The van der Waals surface area contributed by atoms with Crippen LogP contribution in [0, 0.1) is 6.92 Å². The molecule has 200 valence electrons. The Bertz CT molecular complexity index is 1140. The van der Waals surface area contributed by atoms with E-state index in [0.717, 1.165) is 22.3 Å². The highest BCUT2D eigenvalue weighted by Gasteiger charge is 2.46. The van der Waals surface area contributed by atoms with Crippen LogP contribution in [0.2, 0.25) is 0 Å². The predicted molar refractivity (Wildman–Crippen MR) is 137 cm³/mol. The summed E-state index contributed by atoms with van der Waals surface area (Å²) in [6, 6.07) is 9.16. The number of hydrogen-bond donors (Lipinski definition) is 0. The maximum Gasteiger partial charge on any atom is 0.410 e. The molecule has 9 nitrogen and oxygen atoms in total. The van der Waals surface area contributed by atoms with Crippen LogP contribution in [0.25, 0.3) is 0 Å². The molecule has 1 saturated heterocycles. The van der Waals surface area contributed by atoms with E-state index in [4.69, 9.17) is 23.7 Å². The lowest BCUT2D eigenvalue weighted by atomic mass is 9.83. The number of piperazine rings is 1. The fourth-order valence-corrected chi connectivity index (χ4v) is 5.42. The zero-order chi connectivity index (χ0) is 26.7. The van der Waals surface area contributed by atoms with E-state index in [0.29, 0.717) is 36.8 Å². The van der Waals surface area contributed by atoms with Gasteiger partial charge in [-0.05, 0) is 32.8 Å². The predicted octanol–water partition coefficient (Wildman–Crippen LogP) is 3.89. The molecular formula is C28H36N2O7. The van der Waals surface area contributed by atoms with Crippen LogP contribution in [0.15, 0.2) is 30.3 Å². The maximum absolute atomic E-state index is 13.6. The average Bonchev–Trinajstić information content (AvgIpc) is 2.87. The highest BCUT2D eigenvalue weighted by molar-refractivity contribution is 5.85. The maximum atomic E-state index is 13.6. The normalized spacial score (nSPS) is 18.8. The lowest BCUT2D eigenvalue weighted by Crippen LogP contribution is -2.61. The van der Waals surface area contributed by atoms with E-state index in [1.54, 1.807) is 35.2 Å². The van der Waals surface area contributed by atoms with Crippen LogP contribution in [0.4, 0.5) is 4.79 Å². The van der Waals surface area contributed by atoms with Crippen LogP contribution in [0.3, 0.4) is 0 Å². The summed E-state index contributed by atoms with van der Waals surface area (Å²) in [5.41, 5.74) is 3.60. The van der Waals surface area contributed by atoms with E-state index < -0.39 is 12.1 Å². The molecule has 1 fully saturated rings. The Balaban J connectivity index is 1.75. The van der Waals surface area contributed by atoms with Gasteiger partial charge in [0, 0.05) is 23.2 Å². The van der Waals surface area contributed by atoms with Crippen LogP contribution >= 0.6 is 0 Å². The molecule has 2 heterocycles. The number of rotatable bonds is 8. The summed E-state index contributed by atoms with van der Waals surface area (Å²) < 4.78 is 29.0. The molecule has 0 aliphatic carbocycles. The Morgan fingerprint density at radius 2 is 1.70 bits per heavy atom. The van der Waals surface area contributed by atoms with Crippen molar-refractivity contribution in [2.24, 2.45) is 0 Å². The van der Waals surface area contributed by atoms with Crippen molar-refractivity contribution in [2.75, 3.05) is 41.0 Å². The summed E-state index contributed by atoms with van der Waals surface area (Å²) in [6.45, 7) is 6.44. The molecule has 37 heavy (non-hydrogen) atoms. The third-order valence-electron chi connectivity index (χ3n) is 6.87. The molecule has 0 N–H and O–H groups in total. The molecule has 2 aliphatic heterocycles. The number of amides is 2. The first-order chi connectivity index (χ1) is 17.8. The van der Waals surface area contributed by atoms with E-state index in [-0.39, 0.29) is 31.2 Å². The summed E-state index contributed by atoms with van der Waals surface area (Å²) in [4.78, 5) is 29.6. The summed E-state index contributed by atoms with van der Waals surface area (Å²) in [5, 5.41) is 0. The highest BCUT2D eigenvalue weighted by Crippen LogP contribution is 2.51. The van der Waals surface area contributed by atoms with Crippen molar-refractivity contribution in [1.82, 2.24) is 9.80 Å². The molecule has 2 amide bonds. The molecule has 2 aromatic rings. The number of carbonyl (C=O) groups is 2. The van der Waals surface area contributed by atoms with Crippen molar-refractivity contribution in [3.63, 3.8) is 0 Å². The number of benzene rings is 2. The van der Waals surface area contributed by atoms with Gasteiger partial charge < -0.3 is 28.6 Å². The first-order valence-corrected chi connectivity index (χ1v) is 12.5. The quantitative estimate of drug-likeness (QED) is 0.530. The van der Waals surface area contributed by atoms with Crippen LogP contribution in [0.1, 0.15) is 42.1 Å². The molecule has 0 spiro atoms. The Hall–Kier alpha value is -3.46. The Morgan fingerprint density at radius 3 is 2.32 bits per heavy atom.